The van der Waals surface area contributed by atoms with Crippen molar-refractivity contribution in [1.29, 1.82) is 0 Å². The van der Waals surface area contributed by atoms with Crippen LogP contribution in [0.25, 0.3) is 0 Å². The smallest absolute Gasteiger partial charge is 0.306 e. The van der Waals surface area contributed by atoms with E-state index < -0.39 is 65.2 Å². The van der Waals surface area contributed by atoms with Crippen LogP contribution in [0.4, 0.5) is 0 Å². The third-order valence-corrected chi connectivity index (χ3v) is 12.9. The Morgan fingerprint density at radius 3 is 2.38 bits per heavy atom. The molecule has 9 atom stereocenters. The number of hydrogen-bond donors (Lipinski definition) is 5. The number of esters is 1. The number of fused-ring (bicyclic) bond motifs is 5. The summed E-state index contributed by atoms with van der Waals surface area (Å²) in [6.07, 6.45) is 3.86. The molecular formula is C40H54N2O10. The van der Waals surface area contributed by atoms with E-state index in [1.807, 2.05) is 13.0 Å². The highest BCUT2D eigenvalue weighted by Gasteiger charge is 2.68. The van der Waals surface area contributed by atoms with E-state index >= 15 is 0 Å². The molecule has 2 amide bonds. The number of aliphatic hydroxyl groups excluding tert-OH is 1. The molecule has 12 heteroatoms. The van der Waals surface area contributed by atoms with Gasteiger partial charge in [-0.2, -0.15) is 0 Å². The fourth-order valence-electron chi connectivity index (χ4n) is 10.1. The number of carboxylic acid groups (broad SMARTS) is 1. The molecule has 1 aromatic carbocycles. The molecule has 0 saturated heterocycles. The van der Waals surface area contributed by atoms with Crippen molar-refractivity contribution in [2.24, 2.45) is 34.5 Å². The Morgan fingerprint density at radius 1 is 1.00 bits per heavy atom. The van der Waals surface area contributed by atoms with Crippen molar-refractivity contribution in [2.75, 3.05) is 13.2 Å². The second kappa shape index (κ2) is 15.6. The van der Waals surface area contributed by atoms with Crippen molar-refractivity contribution in [3.63, 3.8) is 0 Å². The number of carbonyl (C=O) groups is 6. The number of Topliss-reactive ketones (excluding diaryl/α,β-unsaturated/α-hetero) is 1. The van der Waals surface area contributed by atoms with Crippen molar-refractivity contribution < 1.29 is 48.8 Å². The summed E-state index contributed by atoms with van der Waals surface area (Å²) in [5.41, 5.74) is -1.13. The topological polar surface area (TPSA) is 196 Å². The van der Waals surface area contributed by atoms with Gasteiger partial charge in [-0.05, 0) is 79.3 Å². The maximum Gasteiger partial charge on any atom is 0.306 e. The Balaban J connectivity index is 1.12. The highest BCUT2D eigenvalue weighted by molar-refractivity contribution is 5.93. The summed E-state index contributed by atoms with van der Waals surface area (Å²) >= 11 is 0. The van der Waals surface area contributed by atoms with Gasteiger partial charge in [-0.1, -0.05) is 63.6 Å². The van der Waals surface area contributed by atoms with Gasteiger partial charge in [0.05, 0.1) is 18.9 Å². The van der Waals surface area contributed by atoms with Gasteiger partial charge in [0.2, 0.25) is 17.6 Å². The molecule has 0 unspecified atom stereocenters. The number of carboxylic acids is 1. The number of ketones is 2. The summed E-state index contributed by atoms with van der Waals surface area (Å²) in [6, 6.07) is 8.04. The lowest BCUT2D eigenvalue weighted by atomic mass is 9.45. The molecule has 4 aliphatic carbocycles. The molecule has 0 spiro atoms. The predicted octanol–water partition coefficient (Wildman–Crippen LogP) is 3.63. The van der Waals surface area contributed by atoms with Crippen LogP contribution in [0.1, 0.15) is 103 Å². The van der Waals surface area contributed by atoms with Crippen molar-refractivity contribution in [3.05, 3.63) is 47.5 Å². The molecule has 0 radical (unpaired) electrons. The first-order valence-electron chi connectivity index (χ1n) is 18.7. The maximum atomic E-state index is 13.6. The van der Waals surface area contributed by atoms with Gasteiger partial charge in [0, 0.05) is 30.7 Å². The van der Waals surface area contributed by atoms with Gasteiger partial charge in [-0.3, -0.25) is 28.8 Å². The number of carbonyl (C=O) groups excluding carboxylic acids is 5. The van der Waals surface area contributed by atoms with Crippen LogP contribution in [0.15, 0.2) is 42.0 Å². The van der Waals surface area contributed by atoms with E-state index in [4.69, 9.17) is 4.74 Å². The first kappa shape index (κ1) is 39.3. The van der Waals surface area contributed by atoms with Gasteiger partial charge in [0.1, 0.15) is 11.6 Å². The molecule has 5 rings (SSSR count). The number of amides is 2. The minimum Gasteiger partial charge on any atom is -0.481 e. The fourth-order valence-corrected chi connectivity index (χ4v) is 10.1. The highest BCUT2D eigenvalue weighted by atomic mass is 16.5. The number of nitrogens with one attached hydrogen (secondary N) is 2. The Bertz CT molecular complexity index is 1590. The molecule has 4 aliphatic rings. The molecule has 1 aromatic rings. The van der Waals surface area contributed by atoms with E-state index in [0.717, 1.165) is 24.0 Å². The van der Waals surface area contributed by atoms with E-state index in [0.29, 0.717) is 19.3 Å². The molecule has 52 heavy (non-hydrogen) atoms. The Labute approximate surface area is 305 Å². The van der Waals surface area contributed by atoms with Crippen LogP contribution in [0.5, 0.6) is 0 Å². The Kier molecular flexibility index (Phi) is 11.8. The average Bonchev–Trinajstić information content (AvgIpc) is 3.37. The van der Waals surface area contributed by atoms with Gasteiger partial charge in [0.25, 0.3) is 0 Å². The fraction of sp³-hybridized carbons (Fsp3) is 0.650. The maximum absolute atomic E-state index is 13.6. The van der Waals surface area contributed by atoms with Gasteiger partial charge in [-0.25, -0.2) is 0 Å². The SMILES string of the molecule is CC(C)[C@H](NC(=O)CCC(=O)OCC(=O)[C@@]1(O)CC[C@H]2[C@@H]3CCC4=CC(=O)CC[C@]4(C)[C@H]3[C@@H](O)C[C@@]21C)C(=O)NC[C@@H](CC(=O)O)c1ccccc1. The highest BCUT2D eigenvalue weighted by Crippen LogP contribution is 2.67. The quantitative estimate of drug-likeness (QED) is 0.177. The summed E-state index contributed by atoms with van der Waals surface area (Å²) in [5, 5.41) is 38.3. The first-order valence-corrected chi connectivity index (χ1v) is 18.7. The molecule has 284 valence electrons. The molecule has 0 heterocycles. The van der Waals surface area contributed by atoms with Crippen molar-refractivity contribution in [2.45, 2.75) is 116 Å². The predicted molar refractivity (Wildman–Crippen MR) is 189 cm³/mol. The lowest BCUT2D eigenvalue weighted by Gasteiger charge is -2.60. The lowest BCUT2D eigenvalue weighted by molar-refractivity contribution is -0.184. The van der Waals surface area contributed by atoms with Crippen LogP contribution < -0.4 is 10.6 Å². The van der Waals surface area contributed by atoms with Crippen LogP contribution in [0.2, 0.25) is 0 Å². The van der Waals surface area contributed by atoms with Gasteiger partial charge in [-0.15, -0.1) is 0 Å². The third kappa shape index (κ3) is 7.74. The largest absolute Gasteiger partial charge is 0.481 e. The zero-order valence-electron chi connectivity index (χ0n) is 30.7. The van der Waals surface area contributed by atoms with E-state index in [-0.39, 0.29) is 73.5 Å². The first-order chi connectivity index (χ1) is 24.5. The molecule has 0 aromatic heterocycles. The normalized spacial score (nSPS) is 32.0. The van der Waals surface area contributed by atoms with Crippen molar-refractivity contribution in [3.8, 4) is 0 Å². The van der Waals surface area contributed by atoms with Gasteiger partial charge in [0.15, 0.2) is 12.4 Å². The number of hydrogen-bond acceptors (Lipinski definition) is 9. The molecule has 3 fully saturated rings. The third-order valence-electron chi connectivity index (χ3n) is 12.9. The van der Waals surface area contributed by atoms with Crippen molar-refractivity contribution in [1.82, 2.24) is 10.6 Å². The van der Waals surface area contributed by atoms with E-state index in [2.05, 4.69) is 17.6 Å². The number of rotatable bonds is 14. The minimum absolute atomic E-state index is 0.0160. The summed E-state index contributed by atoms with van der Waals surface area (Å²) in [5.74, 6) is -4.12. The number of allylic oxidation sites excluding steroid dienone is 1. The van der Waals surface area contributed by atoms with Crippen LogP contribution in [-0.2, 0) is 33.5 Å². The monoisotopic (exact) mass is 722 g/mol. The number of aliphatic hydroxyl groups is 2. The van der Waals surface area contributed by atoms with Crippen LogP contribution in [0, 0.1) is 34.5 Å². The average molecular weight is 723 g/mol. The van der Waals surface area contributed by atoms with E-state index in [9.17, 15) is 44.1 Å². The molecule has 12 nitrogen and oxygen atoms in total. The summed E-state index contributed by atoms with van der Waals surface area (Å²) in [6.45, 7) is 6.90. The van der Waals surface area contributed by atoms with Crippen LogP contribution >= 0.6 is 0 Å². The minimum atomic E-state index is -1.79. The molecular weight excluding hydrogens is 668 g/mol. The second-order valence-corrected chi connectivity index (χ2v) is 16.3. The second-order valence-electron chi connectivity index (χ2n) is 16.3. The lowest BCUT2D eigenvalue weighted by Crippen LogP contribution is -2.62. The summed E-state index contributed by atoms with van der Waals surface area (Å²) in [7, 11) is 0. The number of aliphatic carboxylic acids is 1. The van der Waals surface area contributed by atoms with Crippen LogP contribution in [-0.4, -0.2) is 81.5 Å². The number of ether oxygens (including phenoxy) is 1. The van der Waals surface area contributed by atoms with Gasteiger partial charge < -0.3 is 30.7 Å². The Hall–Kier alpha value is -3.90. The molecule has 3 saturated carbocycles. The summed E-state index contributed by atoms with van der Waals surface area (Å²) in [4.78, 5) is 75.8. The number of benzene rings is 1. The van der Waals surface area contributed by atoms with Gasteiger partial charge >= 0.3 is 11.9 Å². The molecule has 0 bridgehead atoms. The summed E-state index contributed by atoms with van der Waals surface area (Å²) < 4.78 is 5.27. The Morgan fingerprint density at radius 2 is 1.71 bits per heavy atom. The molecule has 5 N–H and O–H groups in total. The standard InChI is InChI=1S/C40H54N2O10/c1-23(2)36(37(50)41-21-25(18-33(47)48)24-8-6-5-7-9-24)42-32(46)12-13-34(49)52-22-31(45)40(51)17-15-29-28-11-10-26-19-27(43)14-16-38(26,3)35(28)30(44)20-39(29,40)4/h5-9,19,23,25,28-30,35-36,44,51H,10-18,20-22H2,1-4H3,(H,41,50)(H,42,46)(H,47,48)/t25-,28+,29+,30+,35-,36+,38+,39+,40+/m1/s1. The van der Waals surface area contributed by atoms with E-state index in [1.54, 1.807) is 44.2 Å². The van der Waals surface area contributed by atoms with Crippen molar-refractivity contribution >= 4 is 35.3 Å². The van der Waals surface area contributed by atoms with Crippen LogP contribution in [0.3, 0.4) is 0 Å². The zero-order chi connectivity index (χ0) is 38.0. The molecule has 0 aliphatic heterocycles. The zero-order valence-corrected chi connectivity index (χ0v) is 30.7. The van der Waals surface area contributed by atoms with E-state index in [1.165, 1.54) is 0 Å².